The average molecular weight is 871 g/mol. The molecule has 0 bridgehead atoms. The van der Waals surface area contributed by atoms with Gasteiger partial charge in [-0.05, 0) is 108 Å². The summed E-state index contributed by atoms with van der Waals surface area (Å²) >= 11 is 0. The molecule has 8 atom stereocenters. The van der Waals surface area contributed by atoms with Crippen LogP contribution < -0.4 is 10.6 Å². The number of aliphatic hydroxyl groups excluding tert-OH is 5. The zero-order chi connectivity index (χ0) is 44.8. The number of carbonyl (C=O) groups is 2. The van der Waals surface area contributed by atoms with Crippen molar-refractivity contribution in [3.05, 3.63) is 0 Å². The molecule has 1 heterocycles. The van der Waals surface area contributed by atoms with Gasteiger partial charge in [0.05, 0.1) is 18.8 Å². The number of hydrogen-bond donors (Lipinski definition) is 7. The Balaban J connectivity index is -0.0000000846. The number of aliphatic hydroxyl groups is 5. The molecule has 11 nitrogen and oxygen atoms in total. The lowest BCUT2D eigenvalue weighted by Crippen LogP contribution is -2.61. The Bertz CT molecular complexity index is 2190. The van der Waals surface area contributed by atoms with Crippen molar-refractivity contribution in [3.8, 4) is 130 Å². The van der Waals surface area contributed by atoms with Gasteiger partial charge in [-0.15, -0.1) is 0 Å². The first-order chi connectivity index (χ1) is 29.6. The average Bonchev–Trinajstić information content (AvgIpc) is 3.24. The van der Waals surface area contributed by atoms with Gasteiger partial charge >= 0.3 is 0 Å². The van der Waals surface area contributed by atoms with Crippen LogP contribution in [-0.2, 0) is 19.1 Å². The van der Waals surface area contributed by atoms with Crippen LogP contribution in [0, 0.1) is 130 Å². The molecule has 0 spiro atoms. The zero-order valence-electron chi connectivity index (χ0n) is 35.1. The minimum atomic E-state index is -1.71. The second kappa shape index (κ2) is 35.7. The van der Waals surface area contributed by atoms with Crippen molar-refractivity contribution >= 4 is 11.8 Å². The monoisotopic (exact) mass is 871 g/mol. The molecule has 2 amide bonds. The number of unbranched alkanes of at least 4 members (excludes halogenated alkanes) is 11. The normalized spacial score (nSPS) is 17.8. The van der Waals surface area contributed by atoms with Gasteiger partial charge in [-0.25, -0.2) is 0 Å². The maximum Gasteiger partial charge on any atom is 0.297 e. The van der Waals surface area contributed by atoms with Crippen molar-refractivity contribution in [2.24, 2.45) is 0 Å². The summed E-state index contributed by atoms with van der Waals surface area (Å²) in [6.45, 7) is 4.47. The van der Waals surface area contributed by atoms with Crippen molar-refractivity contribution in [3.63, 3.8) is 0 Å². The van der Waals surface area contributed by atoms with E-state index in [9.17, 15) is 35.1 Å². The molecule has 0 saturated carbocycles. The first kappa shape index (κ1) is 52.8. The van der Waals surface area contributed by atoms with Gasteiger partial charge in [-0.2, -0.15) is 0 Å². The van der Waals surface area contributed by atoms with Gasteiger partial charge in [-0.3, -0.25) is 9.59 Å². The fourth-order valence-corrected chi connectivity index (χ4v) is 5.44. The molecule has 6 unspecified atom stereocenters. The van der Waals surface area contributed by atoms with Crippen LogP contribution in [0.4, 0.5) is 0 Å². The van der Waals surface area contributed by atoms with E-state index in [0.717, 1.165) is 25.7 Å². The second-order valence-corrected chi connectivity index (χ2v) is 13.5. The van der Waals surface area contributed by atoms with Gasteiger partial charge in [-0.1, -0.05) is 89.9 Å². The Labute approximate surface area is 395 Å². The summed E-state index contributed by atoms with van der Waals surface area (Å²) in [7, 11) is 0. The molecule has 0 aliphatic carbocycles. The predicted molar refractivity (Wildman–Crippen MR) is 279 cm³/mol. The molecule has 1 aliphatic heterocycles. The Hall–Kier alpha value is -6.18. The fraction of sp³-hybridized carbons (Fsp3) is 0.520. The molecule has 0 aromatic carbocycles. The summed E-state index contributed by atoms with van der Waals surface area (Å²) < 4.78 is 11.3. The highest BCUT2D eigenvalue weighted by molar-refractivity contribution is 5.94. The summed E-state index contributed by atoms with van der Waals surface area (Å²) in [4.78, 5) is 24.2. The Morgan fingerprint density at radius 3 is 1.49 bits per heavy atom. The van der Waals surface area contributed by atoms with Crippen molar-refractivity contribution < 1.29 is 76.0 Å². The van der Waals surface area contributed by atoms with E-state index in [1.807, 2.05) is 0 Å². The standard InChI is InChI=1S/C50H54N2O9.22H2/c1-4-6-8-10-12-14-16-18-19-20-21-22-23-24-25-26-28-30-32-34-36-38-45(55)52-42(40-60-50-49(59)48(58)47(57)44(61-50)39-51-41(3)53)46(56)43(54)37-35-33-31-29-27-17-15-13-11-9-7-5-2;;;;;;;;;;;;;;;;;;;;;;/h42-44,46-50,54,56-59H,5,7,9,11,13,15,17,27,29,31,33,35,37,39-40H2,1-3H3,(H,51,53)(H,52,55);22*1H/t42?,43-,44?,46+,47?,48?,49?,50?;;;;;;;;;;;;;;;;;;;;;;/m1....................../s1. The summed E-state index contributed by atoms with van der Waals surface area (Å²) in [6, 6.07) is -1.24. The van der Waals surface area contributed by atoms with Crippen molar-refractivity contribution in [2.75, 3.05) is 13.2 Å². The lowest BCUT2D eigenvalue weighted by Gasteiger charge is -2.41. The van der Waals surface area contributed by atoms with Crippen molar-refractivity contribution in [1.29, 1.82) is 0 Å². The summed E-state index contributed by atoms with van der Waals surface area (Å²) in [5.41, 5.74) is 0. The quantitative estimate of drug-likeness (QED) is 0.0488. The maximum atomic E-state index is 12.8. The summed E-state index contributed by atoms with van der Waals surface area (Å²) in [5.74, 6) is 53.1. The van der Waals surface area contributed by atoms with Crippen LogP contribution in [0.25, 0.3) is 0 Å². The first-order valence-corrected chi connectivity index (χ1v) is 20.3. The number of amides is 2. The van der Waals surface area contributed by atoms with Gasteiger partial charge in [0.15, 0.2) is 6.29 Å². The molecule has 0 radical (unpaired) electrons. The van der Waals surface area contributed by atoms with Gasteiger partial charge in [0.25, 0.3) is 5.91 Å². The van der Waals surface area contributed by atoms with E-state index < -0.39 is 67.4 Å². The van der Waals surface area contributed by atoms with E-state index in [0.29, 0.717) is 6.42 Å². The predicted octanol–water partition coefficient (Wildman–Crippen LogP) is 6.71. The van der Waals surface area contributed by atoms with Gasteiger partial charge in [0, 0.05) is 74.5 Å². The van der Waals surface area contributed by atoms with E-state index in [4.69, 9.17) is 9.47 Å². The number of carbonyl (C=O) groups excluding carboxylic acids is 2. The van der Waals surface area contributed by atoms with Crippen LogP contribution in [0.2, 0.25) is 0 Å². The van der Waals surface area contributed by atoms with E-state index in [2.05, 4.69) is 148 Å². The highest BCUT2D eigenvalue weighted by Crippen LogP contribution is 2.23. The molecule has 362 valence electrons. The zero-order valence-corrected chi connectivity index (χ0v) is 35.1. The molecule has 0 aromatic heterocycles. The molecule has 7 N–H and O–H groups in total. The first-order valence-electron chi connectivity index (χ1n) is 20.3. The van der Waals surface area contributed by atoms with Crippen molar-refractivity contribution in [1.82, 2.24) is 10.6 Å². The van der Waals surface area contributed by atoms with Crippen LogP contribution in [0.3, 0.4) is 0 Å². The van der Waals surface area contributed by atoms with Gasteiger partial charge in [0.1, 0.15) is 30.5 Å². The van der Waals surface area contributed by atoms with Crippen LogP contribution in [0.5, 0.6) is 0 Å². The minimum Gasteiger partial charge on any atom is -0.390 e. The summed E-state index contributed by atoms with van der Waals surface area (Å²) in [6.07, 6.45) is 3.55. The van der Waals surface area contributed by atoms with Crippen LogP contribution in [-0.4, -0.2) is 99.5 Å². The smallest absolute Gasteiger partial charge is 0.297 e. The third-order valence-electron chi connectivity index (χ3n) is 8.63. The van der Waals surface area contributed by atoms with Crippen LogP contribution >= 0.6 is 0 Å². The molecule has 61 heavy (non-hydrogen) atoms. The van der Waals surface area contributed by atoms with Crippen molar-refractivity contribution in [2.45, 2.75) is 153 Å². The molecule has 1 saturated heterocycles. The van der Waals surface area contributed by atoms with E-state index in [1.165, 1.54) is 51.9 Å². The molecule has 1 aliphatic rings. The molecular formula is C50H98N2O9. The minimum absolute atomic E-state index is 0. The number of ether oxygens (including phenoxy) is 2. The second-order valence-electron chi connectivity index (χ2n) is 13.5. The molecule has 11 heteroatoms. The molecule has 1 fully saturated rings. The van der Waals surface area contributed by atoms with Gasteiger partial charge in [0.2, 0.25) is 5.91 Å². The SMILES string of the molecule is CC#CC#CC#CC#CC#CC#CC#CC#CC#CC#CC#CC(=O)NC(COC1OC(CNC(C)=O)C(O)C(O)C1O)[C@H](O)[C@H](O)CCCCCCCCCCCCCC.[HH].[HH].[HH].[HH].[HH].[HH].[HH].[HH].[HH].[HH].[HH].[HH].[HH].[HH].[HH].[HH].[HH].[HH].[HH].[HH].[HH].[HH]. The highest BCUT2D eigenvalue weighted by atomic mass is 16.7. The number of hydrogen-bond acceptors (Lipinski definition) is 9. The van der Waals surface area contributed by atoms with Crippen LogP contribution in [0.1, 0.15) is 136 Å². The maximum absolute atomic E-state index is 12.8. The lowest BCUT2D eigenvalue weighted by atomic mass is 9.98. The topological polar surface area (TPSA) is 178 Å². The summed E-state index contributed by atoms with van der Waals surface area (Å²) in [5, 5.41) is 58.2. The van der Waals surface area contributed by atoms with Gasteiger partial charge < -0.3 is 45.6 Å². The number of rotatable bonds is 21. The third kappa shape index (κ3) is 27.3. The highest BCUT2D eigenvalue weighted by Gasteiger charge is 2.44. The van der Waals surface area contributed by atoms with E-state index in [1.54, 1.807) is 6.92 Å². The third-order valence-corrected chi connectivity index (χ3v) is 8.63. The van der Waals surface area contributed by atoms with E-state index in [-0.39, 0.29) is 44.4 Å². The lowest BCUT2D eigenvalue weighted by molar-refractivity contribution is -0.297. The molecular weight excluding hydrogens is 773 g/mol. The molecule has 1 rings (SSSR count). The Morgan fingerprint density at radius 2 is 1.05 bits per heavy atom. The number of nitrogens with one attached hydrogen (secondary N) is 2. The Morgan fingerprint density at radius 1 is 0.623 bits per heavy atom. The fourth-order valence-electron chi connectivity index (χ4n) is 5.44. The Kier molecular flexibility index (Phi) is 31.0. The largest absolute Gasteiger partial charge is 0.390 e. The van der Waals surface area contributed by atoms with E-state index >= 15 is 0 Å². The van der Waals surface area contributed by atoms with Crippen LogP contribution in [0.15, 0.2) is 0 Å². The molecule has 0 aromatic rings.